The number of halogens is 1. The average Bonchev–Trinajstić information content (AvgIpc) is 3.01. The fourth-order valence-electron chi connectivity index (χ4n) is 3.03. The first kappa shape index (κ1) is 17.0. The minimum Gasteiger partial charge on any atom is -0.325 e. The predicted molar refractivity (Wildman–Crippen MR) is 108 cm³/mol. The molecule has 1 N–H and O–H groups in total. The molecule has 7 heteroatoms. The number of carbonyl (C=O) groups is 1. The molecule has 1 aliphatic rings. The van der Waals surface area contributed by atoms with Crippen molar-refractivity contribution >= 4 is 60.8 Å². The summed E-state index contributed by atoms with van der Waals surface area (Å²) in [7, 11) is 0. The third kappa shape index (κ3) is 3.73. The van der Waals surface area contributed by atoms with Crippen molar-refractivity contribution < 1.29 is 4.79 Å². The monoisotopic (exact) mass is 433 g/mol. The summed E-state index contributed by atoms with van der Waals surface area (Å²) in [5.41, 5.74) is 2.21. The van der Waals surface area contributed by atoms with Crippen LogP contribution in [0.4, 0.5) is 5.69 Å². The molecule has 0 saturated heterocycles. The van der Waals surface area contributed by atoms with Crippen LogP contribution < -0.4 is 5.32 Å². The zero-order valence-corrected chi connectivity index (χ0v) is 16.6. The van der Waals surface area contributed by atoms with E-state index in [0.717, 1.165) is 32.9 Å². The van der Waals surface area contributed by atoms with Crippen LogP contribution in [0.1, 0.15) is 23.3 Å². The summed E-state index contributed by atoms with van der Waals surface area (Å²) in [5, 5.41) is 5.02. The molecule has 0 aliphatic heterocycles. The number of anilines is 1. The van der Waals surface area contributed by atoms with E-state index in [9.17, 15) is 4.79 Å². The second kappa shape index (κ2) is 7.43. The molecule has 0 atom stereocenters. The van der Waals surface area contributed by atoms with Gasteiger partial charge in [0, 0.05) is 20.4 Å². The Kier molecular flexibility index (Phi) is 5.05. The number of fused-ring (bicyclic) bond motifs is 3. The van der Waals surface area contributed by atoms with E-state index in [1.165, 1.54) is 40.4 Å². The van der Waals surface area contributed by atoms with Crippen molar-refractivity contribution in [3.63, 3.8) is 0 Å². The molecule has 1 aliphatic carbocycles. The van der Waals surface area contributed by atoms with Crippen LogP contribution >= 0.6 is 39.0 Å². The number of nitrogens with zero attached hydrogens (tertiary/aromatic N) is 2. The van der Waals surface area contributed by atoms with E-state index < -0.39 is 0 Å². The Morgan fingerprint density at radius 3 is 2.84 bits per heavy atom. The molecule has 0 saturated carbocycles. The lowest BCUT2D eigenvalue weighted by atomic mass is 9.97. The van der Waals surface area contributed by atoms with Gasteiger partial charge in [0.25, 0.3) is 0 Å². The topological polar surface area (TPSA) is 54.9 Å². The Labute approximate surface area is 162 Å². The molecule has 1 aromatic carbocycles. The molecular weight excluding hydrogens is 418 g/mol. The van der Waals surface area contributed by atoms with Crippen LogP contribution in [0, 0.1) is 0 Å². The van der Waals surface area contributed by atoms with Gasteiger partial charge < -0.3 is 5.32 Å². The molecule has 25 heavy (non-hydrogen) atoms. The van der Waals surface area contributed by atoms with Gasteiger partial charge in [-0.25, -0.2) is 9.97 Å². The molecule has 2 heterocycles. The summed E-state index contributed by atoms with van der Waals surface area (Å²) in [6.07, 6.45) is 6.33. The maximum Gasteiger partial charge on any atom is 0.234 e. The number of rotatable bonds is 4. The highest BCUT2D eigenvalue weighted by Crippen LogP contribution is 2.39. The van der Waals surface area contributed by atoms with Gasteiger partial charge in [-0.3, -0.25) is 4.79 Å². The second-order valence-electron chi connectivity index (χ2n) is 5.91. The van der Waals surface area contributed by atoms with Crippen LogP contribution in [-0.2, 0) is 17.6 Å². The fraction of sp³-hybridized carbons (Fsp3) is 0.278. The van der Waals surface area contributed by atoms with Gasteiger partial charge in [0.05, 0.1) is 5.75 Å². The molecular formula is C18H16BrN3OS2. The number of amides is 1. The lowest BCUT2D eigenvalue weighted by Crippen LogP contribution is -2.14. The van der Waals surface area contributed by atoms with Crippen molar-refractivity contribution in [1.82, 2.24) is 9.97 Å². The number of hydrogen-bond acceptors (Lipinski definition) is 5. The highest BCUT2D eigenvalue weighted by atomic mass is 79.9. The van der Waals surface area contributed by atoms with Gasteiger partial charge in [0.15, 0.2) is 0 Å². The van der Waals surface area contributed by atoms with E-state index in [0.29, 0.717) is 5.75 Å². The van der Waals surface area contributed by atoms with Crippen molar-refractivity contribution in [2.45, 2.75) is 30.7 Å². The van der Waals surface area contributed by atoms with E-state index in [2.05, 4.69) is 31.2 Å². The van der Waals surface area contributed by atoms with Gasteiger partial charge in [-0.1, -0.05) is 27.7 Å². The summed E-state index contributed by atoms with van der Waals surface area (Å²) in [4.78, 5) is 23.6. The molecule has 4 nitrogen and oxygen atoms in total. The standard InChI is InChI=1S/C18H16BrN3OS2/c19-11-5-7-12(8-6-11)22-15(23)9-24-17-16-13-3-1-2-4-14(13)25-18(16)21-10-20-17/h5-8,10H,1-4,9H2,(H,22,23). The molecule has 1 amide bonds. The van der Waals surface area contributed by atoms with Crippen LogP contribution in [0.25, 0.3) is 10.2 Å². The molecule has 2 aromatic heterocycles. The predicted octanol–water partition coefficient (Wildman–Crippen LogP) is 5.06. The van der Waals surface area contributed by atoms with Gasteiger partial charge in [0.1, 0.15) is 16.2 Å². The van der Waals surface area contributed by atoms with E-state index >= 15 is 0 Å². The van der Waals surface area contributed by atoms with Crippen molar-refractivity contribution in [1.29, 1.82) is 0 Å². The highest BCUT2D eigenvalue weighted by molar-refractivity contribution is 9.10. The lowest BCUT2D eigenvalue weighted by molar-refractivity contribution is -0.113. The number of aromatic nitrogens is 2. The van der Waals surface area contributed by atoms with Crippen molar-refractivity contribution in [3.8, 4) is 0 Å². The Balaban J connectivity index is 1.50. The van der Waals surface area contributed by atoms with Crippen LogP contribution in [0.2, 0.25) is 0 Å². The number of benzene rings is 1. The highest BCUT2D eigenvalue weighted by Gasteiger charge is 2.20. The number of aryl methyl sites for hydroxylation is 2. The SMILES string of the molecule is O=C(CSc1ncnc2sc3c(c12)CCCC3)Nc1ccc(Br)cc1. The third-order valence-corrected chi connectivity index (χ3v) is 6.90. The molecule has 128 valence electrons. The molecule has 0 radical (unpaired) electrons. The Hall–Kier alpha value is -1.44. The van der Waals surface area contributed by atoms with E-state index in [4.69, 9.17) is 0 Å². The van der Waals surface area contributed by atoms with Crippen molar-refractivity contribution in [2.75, 3.05) is 11.1 Å². The number of nitrogens with one attached hydrogen (secondary N) is 1. The fourth-order valence-corrected chi connectivity index (χ4v) is 5.42. The second-order valence-corrected chi connectivity index (χ2v) is 8.88. The van der Waals surface area contributed by atoms with Crippen LogP contribution in [-0.4, -0.2) is 21.6 Å². The number of carbonyl (C=O) groups excluding carboxylic acids is 1. The summed E-state index contributed by atoms with van der Waals surface area (Å²) in [6.45, 7) is 0. The smallest absolute Gasteiger partial charge is 0.234 e. The summed E-state index contributed by atoms with van der Waals surface area (Å²) in [6, 6.07) is 7.58. The Morgan fingerprint density at radius 2 is 2.00 bits per heavy atom. The van der Waals surface area contributed by atoms with Gasteiger partial charge in [-0.15, -0.1) is 11.3 Å². The maximum atomic E-state index is 12.2. The first-order valence-corrected chi connectivity index (χ1v) is 10.7. The van der Waals surface area contributed by atoms with E-state index in [1.807, 2.05) is 24.3 Å². The zero-order chi connectivity index (χ0) is 17.2. The van der Waals surface area contributed by atoms with Crippen LogP contribution in [0.5, 0.6) is 0 Å². The first-order chi connectivity index (χ1) is 12.2. The quantitative estimate of drug-likeness (QED) is 0.461. The minimum atomic E-state index is -0.0248. The molecule has 0 unspecified atom stereocenters. The maximum absolute atomic E-state index is 12.2. The lowest BCUT2D eigenvalue weighted by Gasteiger charge is -2.11. The molecule has 0 fully saturated rings. The average molecular weight is 434 g/mol. The van der Waals surface area contributed by atoms with Crippen molar-refractivity contribution in [2.24, 2.45) is 0 Å². The summed E-state index contributed by atoms with van der Waals surface area (Å²) >= 11 is 6.67. The van der Waals surface area contributed by atoms with Crippen molar-refractivity contribution in [3.05, 3.63) is 45.5 Å². The zero-order valence-electron chi connectivity index (χ0n) is 13.4. The summed E-state index contributed by atoms with van der Waals surface area (Å²) in [5.74, 6) is 0.315. The van der Waals surface area contributed by atoms with E-state index in [1.54, 1.807) is 17.7 Å². The van der Waals surface area contributed by atoms with Gasteiger partial charge in [-0.2, -0.15) is 0 Å². The van der Waals surface area contributed by atoms with E-state index in [-0.39, 0.29) is 5.91 Å². The van der Waals surface area contributed by atoms with Crippen LogP contribution in [0.15, 0.2) is 40.1 Å². The third-order valence-electron chi connectivity index (χ3n) is 4.18. The summed E-state index contributed by atoms with van der Waals surface area (Å²) < 4.78 is 0.991. The van der Waals surface area contributed by atoms with Gasteiger partial charge in [-0.05, 0) is 55.5 Å². The molecule has 0 spiro atoms. The Bertz CT molecular complexity index is 924. The molecule has 4 rings (SSSR count). The van der Waals surface area contributed by atoms with Gasteiger partial charge >= 0.3 is 0 Å². The Morgan fingerprint density at radius 1 is 1.20 bits per heavy atom. The first-order valence-electron chi connectivity index (χ1n) is 8.14. The minimum absolute atomic E-state index is 0.0248. The molecule has 0 bridgehead atoms. The number of thiophene rings is 1. The number of thioether (sulfide) groups is 1. The number of hydrogen-bond donors (Lipinski definition) is 1. The van der Waals surface area contributed by atoms with Gasteiger partial charge in [0.2, 0.25) is 5.91 Å². The van der Waals surface area contributed by atoms with Crippen LogP contribution in [0.3, 0.4) is 0 Å². The largest absolute Gasteiger partial charge is 0.325 e. The molecule has 3 aromatic rings. The normalized spacial score (nSPS) is 13.6.